The van der Waals surface area contributed by atoms with E-state index in [1.165, 1.54) is 6.07 Å². The molecule has 2 aromatic carbocycles. The van der Waals surface area contributed by atoms with Crippen LogP contribution in [0.3, 0.4) is 0 Å². The average Bonchev–Trinajstić information content (AvgIpc) is 2.41. The second kappa shape index (κ2) is 6.38. The van der Waals surface area contributed by atoms with Crippen molar-refractivity contribution in [2.24, 2.45) is 0 Å². The summed E-state index contributed by atoms with van der Waals surface area (Å²) in [5, 5.41) is 2.76. The van der Waals surface area contributed by atoms with Crippen molar-refractivity contribution >= 4 is 18.5 Å². The minimum absolute atomic E-state index is 0.162. The van der Waals surface area contributed by atoms with Gasteiger partial charge in [-0.25, -0.2) is 4.39 Å². The first-order chi connectivity index (χ1) is 9.16. The van der Waals surface area contributed by atoms with Gasteiger partial charge in [-0.2, -0.15) is 0 Å². The van der Waals surface area contributed by atoms with Crippen molar-refractivity contribution in [1.29, 1.82) is 0 Å². The van der Waals surface area contributed by atoms with Gasteiger partial charge in [0.25, 0.3) is 5.91 Å². The monoisotopic (exact) mass is 275 g/mol. The summed E-state index contributed by atoms with van der Waals surface area (Å²) in [5.74, 6) is -0.402. The molecule has 2 nitrogen and oxygen atoms in total. The summed E-state index contributed by atoms with van der Waals surface area (Å²) in [5.41, 5.74) is 1.18. The number of carbonyl (C=O) groups is 1. The van der Waals surface area contributed by atoms with Gasteiger partial charge < -0.3 is 5.32 Å². The van der Waals surface area contributed by atoms with Crippen LogP contribution in [0, 0.1) is 5.82 Å². The smallest absolute Gasteiger partial charge is 0.251 e. The van der Waals surface area contributed by atoms with Crippen LogP contribution in [-0.4, -0.2) is 12.5 Å². The van der Waals surface area contributed by atoms with E-state index in [1.54, 1.807) is 42.5 Å². The first-order valence-corrected chi connectivity index (χ1v) is 6.42. The van der Waals surface area contributed by atoms with Crippen LogP contribution < -0.4 is 5.32 Å². The number of rotatable bonds is 4. The molecule has 0 fully saturated rings. The van der Waals surface area contributed by atoms with Crippen molar-refractivity contribution in [2.45, 2.75) is 11.3 Å². The standard InChI is InChI=1S/C15H14FNOS/c16-14-4-2-1-3-11(14)9-10-17-15(18)12-5-7-13(19)8-6-12/h1-8,19H,9-10H2,(H,17,18). The predicted molar refractivity (Wildman–Crippen MR) is 76.1 cm³/mol. The van der Waals surface area contributed by atoms with Crippen LogP contribution in [0.5, 0.6) is 0 Å². The second-order valence-corrected chi connectivity index (χ2v) is 4.66. The lowest BCUT2D eigenvalue weighted by molar-refractivity contribution is 0.0954. The minimum atomic E-state index is -0.240. The third kappa shape index (κ3) is 3.83. The van der Waals surface area contributed by atoms with Gasteiger partial charge in [0.2, 0.25) is 0 Å². The van der Waals surface area contributed by atoms with Crippen LogP contribution in [0.4, 0.5) is 4.39 Å². The molecule has 0 radical (unpaired) electrons. The van der Waals surface area contributed by atoms with Gasteiger partial charge in [0.05, 0.1) is 0 Å². The average molecular weight is 275 g/mol. The van der Waals surface area contributed by atoms with Crippen LogP contribution in [0.25, 0.3) is 0 Å². The molecule has 4 heteroatoms. The quantitative estimate of drug-likeness (QED) is 0.825. The highest BCUT2D eigenvalue weighted by Gasteiger charge is 2.05. The lowest BCUT2D eigenvalue weighted by Crippen LogP contribution is -2.25. The minimum Gasteiger partial charge on any atom is -0.352 e. The molecule has 98 valence electrons. The Kier molecular flexibility index (Phi) is 4.58. The number of halogens is 1. The first kappa shape index (κ1) is 13.6. The summed E-state index contributed by atoms with van der Waals surface area (Å²) in [6.45, 7) is 0.405. The highest BCUT2D eigenvalue weighted by atomic mass is 32.1. The van der Waals surface area contributed by atoms with Crippen LogP contribution in [-0.2, 0) is 6.42 Å². The molecule has 0 heterocycles. The molecule has 0 saturated heterocycles. The molecule has 0 atom stereocenters. The predicted octanol–water partition coefficient (Wildman–Crippen LogP) is 3.09. The molecule has 0 bridgehead atoms. The summed E-state index contributed by atoms with van der Waals surface area (Å²) < 4.78 is 13.4. The number of amides is 1. The number of carbonyl (C=O) groups excluding carboxylic acids is 1. The molecule has 0 unspecified atom stereocenters. The van der Waals surface area contributed by atoms with E-state index in [9.17, 15) is 9.18 Å². The van der Waals surface area contributed by atoms with Crippen LogP contribution in [0.2, 0.25) is 0 Å². The zero-order valence-corrected chi connectivity index (χ0v) is 11.2. The van der Waals surface area contributed by atoms with E-state index in [-0.39, 0.29) is 11.7 Å². The fraction of sp³-hybridized carbons (Fsp3) is 0.133. The molecule has 2 rings (SSSR count). The number of hydrogen-bond donors (Lipinski definition) is 2. The molecule has 0 aliphatic carbocycles. The van der Waals surface area contributed by atoms with Crippen molar-refractivity contribution in [3.63, 3.8) is 0 Å². The van der Waals surface area contributed by atoms with E-state index in [0.717, 1.165) is 4.90 Å². The van der Waals surface area contributed by atoms with Crippen molar-refractivity contribution in [3.05, 3.63) is 65.5 Å². The molecule has 0 spiro atoms. The zero-order valence-electron chi connectivity index (χ0n) is 10.3. The van der Waals surface area contributed by atoms with Crippen LogP contribution >= 0.6 is 12.6 Å². The lowest BCUT2D eigenvalue weighted by Gasteiger charge is -2.06. The van der Waals surface area contributed by atoms with Crippen molar-refractivity contribution in [2.75, 3.05) is 6.54 Å². The summed E-state index contributed by atoms with van der Waals surface area (Å²) >= 11 is 4.16. The van der Waals surface area contributed by atoms with Gasteiger partial charge in [-0.05, 0) is 42.3 Å². The SMILES string of the molecule is O=C(NCCc1ccccc1F)c1ccc(S)cc1. The maximum Gasteiger partial charge on any atom is 0.251 e. The number of benzene rings is 2. The van der Waals surface area contributed by atoms with Gasteiger partial charge in [-0.15, -0.1) is 12.6 Å². The molecular weight excluding hydrogens is 261 g/mol. The Morgan fingerprint density at radius 2 is 1.79 bits per heavy atom. The van der Waals surface area contributed by atoms with Gasteiger partial charge in [0.15, 0.2) is 0 Å². The van der Waals surface area contributed by atoms with Gasteiger partial charge in [-0.1, -0.05) is 18.2 Å². The Hall–Kier alpha value is -1.81. The summed E-state index contributed by atoms with van der Waals surface area (Å²) in [7, 11) is 0. The summed E-state index contributed by atoms with van der Waals surface area (Å²) in [6, 6.07) is 13.5. The van der Waals surface area contributed by atoms with Crippen molar-refractivity contribution in [1.82, 2.24) is 5.32 Å². The maximum absolute atomic E-state index is 13.4. The second-order valence-electron chi connectivity index (χ2n) is 4.14. The molecule has 0 aliphatic rings. The van der Waals surface area contributed by atoms with Crippen molar-refractivity contribution < 1.29 is 9.18 Å². The molecule has 0 aliphatic heterocycles. The van der Waals surface area contributed by atoms with E-state index in [1.807, 2.05) is 0 Å². The number of hydrogen-bond acceptors (Lipinski definition) is 2. The van der Waals surface area contributed by atoms with Crippen molar-refractivity contribution in [3.8, 4) is 0 Å². The molecule has 19 heavy (non-hydrogen) atoms. The Morgan fingerprint density at radius 3 is 2.47 bits per heavy atom. The molecule has 0 saturated carbocycles. The molecule has 2 aromatic rings. The summed E-state index contributed by atoms with van der Waals surface area (Å²) in [4.78, 5) is 12.6. The molecule has 0 aromatic heterocycles. The van der Waals surface area contributed by atoms with E-state index in [0.29, 0.717) is 24.1 Å². The maximum atomic E-state index is 13.4. The van der Waals surface area contributed by atoms with E-state index < -0.39 is 0 Å². The van der Waals surface area contributed by atoms with E-state index in [2.05, 4.69) is 17.9 Å². The normalized spacial score (nSPS) is 10.2. The number of thiol groups is 1. The van der Waals surface area contributed by atoms with Gasteiger partial charge >= 0.3 is 0 Å². The Morgan fingerprint density at radius 1 is 1.11 bits per heavy atom. The summed E-state index contributed by atoms with van der Waals surface area (Å²) in [6.07, 6.45) is 0.475. The third-order valence-corrected chi connectivity index (χ3v) is 3.07. The lowest BCUT2D eigenvalue weighted by atomic mass is 10.1. The highest BCUT2D eigenvalue weighted by Crippen LogP contribution is 2.08. The van der Waals surface area contributed by atoms with Gasteiger partial charge in [-0.3, -0.25) is 4.79 Å². The third-order valence-electron chi connectivity index (χ3n) is 2.77. The van der Waals surface area contributed by atoms with Gasteiger partial charge in [0.1, 0.15) is 5.82 Å². The van der Waals surface area contributed by atoms with E-state index >= 15 is 0 Å². The zero-order chi connectivity index (χ0) is 13.7. The fourth-order valence-electron chi connectivity index (χ4n) is 1.73. The van der Waals surface area contributed by atoms with Crippen LogP contribution in [0.1, 0.15) is 15.9 Å². The number of nitrogens with one attached hydrogen (secondary N) is 1. The molecule has 1 N–H and O–H groups in total. The molecule has 1 amide bonds. The Balaban J connectivity index is 1.88. The van der Waals surface area contributed by atoms with E-state index in [4.69, 9.17) is 0 Å². The highest BCUT2D eigenvalue weighted by molar-refractivity contribution is 7.80. The molecular formula is C15H14FNOS. The fourth-order valence-corrected chi connectivity index (χ4v) is 1.88. The Labute approximate surface area is 117 Å². The largest absolute Gasteiger partial charge is 0.352 e. The van der Waals surface area contributed by atoms with Crippen LogP contribution in [0.15, 0.2) is 53.4 Å². The topological polar surface area (TPSA) is 29.1 Å². The van der Waals surface area contributed by atoms with Gasteiger partial charge in [0, 0.05) is 17.0 Å². The first-order valence-electron chi connectivity index (χ1n) is 5.97. The Bertz CT molecular complexity index is 569.